The van der Waals surface area contributed by atoms with E-state index >= 15 is 0 Å². The molecule has 0 amide bonds. The smallest absolute Gasteiger partial charge is 0.389 e. The summed E-state index contributed by atoms with van der Waals surface area (Å²) in [5.74, 6) is 0.324. The molecule has 0 spiro atoms. The Morgan fingerprint density at radius 3 is 2.89 bits per heavy atom. The number of phosphoric acid groups is 1. The van der Waals surface area contributed by atoms with Crippen molar-refractivity contribution in [3.8, 4) is 0 Å². The molecule has 1 unspecified atom stereocenters. The fraction of sp³-hybridized carbons (Fsp3) is 0.333. The van der Waals surface area contributed by atoms with Gasteiger partial charge in [-0.15, -0.1) is 0 Å². The summed E-state index contributed by atoms with van der Waals surface area (Å²) in [5, 5.41) is 10.3. The molecule has 5 N–H and O–H groups in total. The number of nitrogens with zero attached hydrogens (tertiary/aromatic N) is 3. The van der Waals surface area contributed by atoms with Crippen LogP contribution in [-0.2, 0) is 15.6 Å². The average Bonchev–Trinajstić information content (AvgIpc) is 2.71. The Hall–Kier alpha value is -1.51. The molecule has 10 heteroatoms. The molecule has 0 aliphatic rings. The van der Waals surface area contributed by atoms with Crippen LogP contribution in [0.2, 0.25) is 0 Å². The van der Waals surface area contributed by atoms with Crippen molar-refractivity contribution in [2.45, 2.75) is 12.6 Å². The van der Waals surface area contributed by atoms with Crippen molar-refractivity contribution >= 4 is 24.7 Å². The molecule has 0 aliphatic heterocycles. The summed E-state index contributed by atoms with van der Waals surface area (Å²) in [5.41, 5.74) is 6.19. The van der Waals surface area contributed by atoms with Crippen LogP contribution in [0.3, 0.4) is 0 Å². The van der Waals surface area contributed by atoms with E-state index in [9.17, 15) is 9.67 Å². The molecule has 2 heterocycles. The lowest BCUT2D eigenvalue weighted by Crippen LogP contribution is -2.21. The van der Waals surface area contributed by atoms with E-state index in [4.69, 9.17) is 15.5 Å². The number of aliphatic hydroxyl groups is 1. The first-order valence-corrected chi connectivity index (χ1v) is 6.83. The Labute approximate surface area is 107 Å². The Balaban J connectivity index is 2.09. The van der Waals surface area contributed by atoms with E-state index in [1.165, 1.54) is 6.33 Å². The van der Waals surface area contributed by atoms with Gasteiger partial charge in [0.25, 0.3) is 0 Å². The van der Waals surface area contributed by atoms with Crippen LogP contribution in [0, 0.1) is 0 Å². The quantitative estimate of drug-likeness (QED) is 0.538. The van der Waals surface area contributed by atoms with Crippen LogP contribution < -0.4 is 5.73 Å². The summed E-state index contributed by atoms with van der Waals surface area (Å²) < 4.78 is 16.3. The van der Waals surface area contributed by atoms with Gasteiger partial charge in [0, 0.05) is 6.20 Å². The van der Waals surface area contributed by atoms with Gasteiger partial charge in [-0.3, -0.25) is 4.52 Å². The highest BCUT2D eigenvalue weighted by molar-refractivity contribution is 7.46. The van der Waals surface area contributed by atoms with Gasteiger partial charge in [-0.05, 0) is 6.07 Å². The van der Waals surface area contributed by atoms with Gasteiger partial charge in [-0.1, -0.05) is 0 Å². The first-order valence-electron chi connectivity index (χ1n) is 5.30. The topological polar surface area (TPSA) is 144 Å². The minimum absolute atomic E-state index is 0.0694. The Bertz CT molecular complexity index is 624. The highest BCUT2D eigenvalue weighted by Gasteiger charge is 2.17. The van der Waals surface area contributed by atoms with Crippen LogP contribution in [-0.4, -0.2) is 42.1 Å². The van der Waals surface area contributed by atoms with Crippen LogP contribution in [0.4, 0.5) is 5.82 Å². The fourth-order valence-electron chi connectivity index (χ4n) is 1.63. The third kappa shape index (κ3) is 3.49. The van der Waals surface area contributed by atoms with Crippen molar-refractivity contribution in [3.05, 3.63) is 18.6 Å². The molecule has 2 aromatic rings. The SMILES string of the molecule is Nc1ncnc2c1ccn2CC(O)COP(=O)(O)O. The van der Waals surface area contributed by atoms with Crippen molar-refractivity contribution in [1.82, 2.24) is 14.5 Å². The van der Waals surface area contributed by atoms with Gasteiger partial charge >= 0.3 is 7.82 Å². The third-order valence-corrected chi connectivity index (χ3v) is 2.91. The predicted molar refractivity (Wildman–Crippen MR) is 65.9 cm³/mol. The molecule has 9 nitrogen and oxygen atoms in total. The second-order valence-electron chi connectivity index (χ2n) is 3.90. The van der Waals surface area contributed by atoms with Crippen LogP contribution >= 0.6 is 7.82 Å². The van der Waals surface area contributed by atoms with Crippen LogP contribution in [0.25, 0.3) is 11.0 Å². The van der Waals surface area contributed by atoms with Gasteiger partial charge < -0.3 is 25.2 Å². The molecular formula is C9H13N4O5P. The van der Waals surface area contributed by atoms with E-state index in [2.05, 4.69) is 14.5 Å². The molecule has 19 heavy (non-hydrogen) atoms. The van der Waals surface area contributed by atoms with Gasteiger partial charge in [0.1, 0.15) is 17.8 Å². The molecule has 2 rings (SSSR count). The summed E-state index contributed by atoms with van der Waals surface area (Å²) in [6.07, 6.45) is 1.86. The summed E-state index contributed by atoms with van der Waals surface area (Å²) in [6.45, 7) is -0.412. The summed E-state index contributed by atoms with van der Waals surface area (Å²) >= 11 is 0. The van der Waals surface area contributed by atoms with Crippen molar-refractivity contribution < 1.29 is 24.0 Å². The molecule has 0 aliphatic carbocycles. The van der Waals surface area contributed by atoms with E-state index in [0.717, 1.165) is 0 Å². The number of hydrogen-bond acceptors (Lipinski definition) is 6. The number of nitrogen functional groups attached to an aromatic ring is 1. The van der Waals surface area contributed by atoms with Gasteiger partial charge in [-0.25, -0.2) is 14.5 Å². The minimum atomic E-state index is -4.58. The molecule has 0 radical (unpaired) electrons. The normalized spacial score (nSPS) is 13.8. The molecule has 0 fully saturated rings. The highest BCUT2D eigenvalue weighted by Crippen LogP contribution is 2.35. The second-order valence-corrected chi connectivity index (χ2v) is 5.14. The average molecular weight is 288 g/mol. The molecule has 0 bridgehead atoms. The molecule has 0 aromatic carbocycles. The van der Waals surface area contributed by atoms with Crippen LogP contribution in [0.1, 0.15) is 0 Å². The van der Waals surface area contributed by atoms with E-state index in [-0.39, 0.29) is 6.54 Å². The van der Waals surface area contributed by atoms with E-state index in [1.807, 2.05) is 0 Å². The number of aromatic nitrogens is 3. The Morgan fingerprint density at radius 1 is 1.47 bits per heavy atom. The fourth-order valence-corrected chi connectivity index (χ4v) is 2.00. The zero-order valence-electron chi connectivity index (χ0n) is 9.75. The van der Waals surface area contributed by atoms with Gasteiger partial charge in [0.15, 0.2) is 0 Å². The summed E-state index contributed by atoms with van der Waals surface area (Å²) in [6, 6.07) is 1.70. The molecule has 2 aromatic heterocycles. The summed E-state index contributed by atoms with van der Waals surface area (Å²) in [4.78, 5) is 24.9. The summed E-state index contributed by atoms with van der Waals surface area (Å²) in [7, 11) is -4.58. The number of hydrogen-bond donors (Lipinski definition) is 4. The maximum Gasteiger partial charge on any atom is 0.469 e. The third-order valence-electron chi connectivity index (χ3n) is 2.43. The van der Waals surface area contributed by atoms with Crippen molar-refractivity contribution in [1.29, 1.82) is 0 Å². The number of anilines is 1. The second kappa shape index (κ2) is 5.24. The van der Waals surface area contributed by atoms with Crippen molar-refractivity contribution in [3.63, 3.8) is 0 Å². The Kier molecular flexibility index (Phi) is 3.83. The largest absolute Gasteiger partial charge is 0.469 e. The zero-order chi connectivity index (χ0) is 14.0. The lowest BCUT2D eigenvalue weighted by molar-refractivity contribution is 0.0741. The highest BCUT2D eigenvalue weighted by atomic mass is 31.2. The van der Waals surface area contributed by atoms with Gasteiger partial charge in [-0.2, -0.15) is 0 Å². The van der Waals surface area contributed by atoms with E-state index in [0.29, 0.717) is 16.9 Å². The van der Waals surface area contributed by atoms with E-state index < -0.39 is 20.5 Å². The number of aliphatic hydroxyl groups excluding tert-OH is 1. The van der Waals surface area contributed by atoms with E-state index in [1.54, 1.807) is 16.8 Å². The maximum absolute atomic E-state index is 10.5. The van der Waals surface area contributed by atoms with Crippen LogP contribution in [0.15, 0.2) is 18.6 Å². The molecular weight excluding hydrogens is 275 g/mol. The lowest BCUT2D eigenvalue weighted by Gasteiger charge is -2.13. The van der Waals surface area contributed by atoms with Crippen LogP contribution in [0.5, 0.6) is 0 Å². The van der Waals surface area contributed by atoms with Gasteiger partial charge in [0.2, 0.25) is 0 Å². The molecule has 0 saturated carbocycles. The first-order chi connectivity index (χ1) is 8.87. The van der Waals surface area contributed by atoms with Crippen molar-refractivity contribution in [2.75, 3.05) is 12.3 Å². The molecule has 1 atom stereocenters. The monoisotopic (exact) mass is 288 g/mol. The first kappa shape index (κ1) is 13.9. The number of fused-ring (bicyclic) bond motifs is 1. The Morgan fingerprint density at radius 2 is 2.21 bits per heavy atom. The standard InChI is InChI=1S/C9H13N4O5P/c10-8-7-1-2-13(9(7)12-5-11-8)3-6(14)4-18-19(15,16)17/h1-2,5-6,14H,3-4H2,(H2,10,11,12)(H2,15,16,17). The predicted octanol–water partition coefficient (Wildman–Crippen LogP) is -0.516. The van der Waals surface area contributed by atoms with Gasteiger partial charge in [0.05, 0.1) is 24.6 Å². The number of nitrogens with two attached hydrogens (primary N) is 1. The zero-order valence-corrected chi connectivity index (χ0v) is 10.6. The van der Waals surface area contributed by atoms with Crippen molar-refractivity contribution in [2.24, 2.45) is 0 Å². The minimum Gasteiger partial charge on any atom is -0.389 e. The molecule has 0 saturated heterocycles. The number of phosphoric ester groups is 1. The molecule has 104 valence electrons. The lowest BCUT2D eigenvalue weighted by atomic mass is 10.3. The number of rotatable bonds is 5. The maximum atomic E-state index is 10.5.